The fourth-order valence-corrected chi connectivity index (χ4v) is 4.31. The van der Waals surface area contributed by atoms with Crippen LogP contribution in [0.5, 0.6) is 0 Å². The molecule has 0 unspecified atom stereocenters. The maximum absolute atomic E-state index is 15.1. The number of thiocarbonyl (C=S) groups is 1. The number of allylic oxidation sites excluding steroid dienone is 1. The van der Waals surface area contributed by atoms with Crippen molar-refractivity contribution in [2.45, 2.75) is 6.10 Å². The van der Waals surface area contributed by atoms with Crippen LogP contribution in [-0.4, -0.2) is 86.6 Å². The number of hydrogen-bond acceptors (Lipinski definition) is 10. The normalized spacial score (nSPS) is 18.3. The van der Waals surface area contributed by atoms with Crippen molar-refractivity contribution < 1.29 is 23.5 Å². The van der Waals surface area contributed by atoms with Crippen molar-refractivity contribution in [2.75, 3.05) is 61.9 Å². The van der Waals surface area contributed by atoms with Crippen LogP contribution in [0.15, 0.2) is 47.1 Å². The molecule has 0 radical (unpaired) electrons. The summed E-state index contributed by atoms with van der Waals surface area (Å²) in [6.07, 6.45) is 3.41. The number of rotatable bonds is 9. The van der Waals surface area contributed by atoms with Gasteiger partial charge in [-0.05, 0) is 42.7 Å². The highest BCUT2D eigenvalue weighted by Gasteiger charge is 2.33. The number of carbonyl (C=O) groups is 2. The van der Waals surface area contributed by atoms with Crippen molar-refractivity contribution in [1.82, 2.24) is 15.8 Å². The van der Waals surface area contributed by atoms with E-state index in [4.69, 9.17) is 27.4 Å². The minimum atomic E-state index is -0.558. The van der Waals surface area contributed by atoms with Crippen molar-refractivity contribution in [3.05, 3.63) is 47.9 Å². The Hall–Kier alpha value is -3.36. The van der Waals surface area contributed by atoms with Crippen LogP contribution < -0.4 is 26.3 Å². The number of methoxy groups -OCH3 is 1. The number of nitrogens with two attached hydrogens (primary N) is 1. The number of amides is 2. The fourth-order valence-electron chi connectivity index (χ4n) is 3.65. The highest BCUT2D eigenvalue weighted by Crippen LogP contribution is 2.28. The largest absolute Gasteiger partial charge is 0.474 e. The Morgan fingerprint density at radius 1 is 1.46 bits per heavy atom. The zero-order valence-corrected chi connectivity index (χ0v) is 22.0. The van der Waals surface area contributed by atoms with Crippen LogP contribution in [0, 0.1) is 5.82 Å². The van der Waals surface area contributed by atoms with Gasteiger partial charge < -0.3 is 25.4 Å². The van der Waals surface area contributed by atoms with E-state index in [0.29, 0.717) is 42.6 Å². The van der Waals surface area contributed by atoms with Crippen molar-refractivity contribution in [3.8, 4) is 0 Å². The zero-order valence-electron chi connectivity index (χ0n) is 20.4. The molecule has 2 saturated heterocycles. The third kappa shape index (κ3) is 8.06. The second-order valence-electron chi connectivity index (χ2n) is 7.91. The van der Waals surface area contributed by atoms with E-state index < -0.39 is 18.0 Å². The molecule has 2 fully saturated rings. The first-order chi connectivity index (χ1) is 17.8. The predicted octanol–water partition coefficient (Wildman–Crippen LogP) is 1.57. The average molecular weight is 552 g/mol. The van der Waals surface area contributed by atoms with Gasteiger partial charge in [-0.25, -0.2) is 14.6 Å². The summed E-state index contributed by atoms with van der Waals surface area (Å²) in [6, 6.07) is 4.63. The molecule has 2 amide bonds. The number of nitrogens with one attached hydrogen (secondary N) is 2. The van der Waals surface area contributed by atoms with Crippen LogP contribution in [0.4, 0.5) is 20.6 Å². The quantitative estimate of drug-likeness (QED) is 0.308. The summed E-state index contributed by atoms with van der Waals surface area (Å²) in [4.78, 5) is 32.2. The standard InChI is InChI=1S/C23H30FN7O4S2/c1-16(26-7-3-6-25)37-15-21(32)31-11-10-29(9-8-28-31)20-5-4-17(12-19(20)24)30-14-18(35-23(30)33)13-27-22(36)34-2/h3-7,12,18,28H,1,8-11,13-15,25H2,2H3,(H,27,36)/b6-3-,26-7?/t18-/m0/s1. The van der Waals surface area contributed by atoms with Gasteiger partial charge in [-0.1, -0.05) is 18.3 Å². The van der Waals surface area contributed by atoms with E-state index in [1.165, 1.54) is 47.3 Å². The Labute approximate surface area is 224 Å². The monoisotopic (exact) mass is 551 g/mol. The number of nitrogens with zero attached hydrogens (tertiary/aromatic N) is 4. The SMILES string of the molecule is C=C(N=C/C=C\N)SCC(=O)N1CCN(c2ccc(N3C[C@H](CNC(=S)OC)OC3=O)cc2F)CCN1. The summed E-state index contributed by atoms with van der Waals surface area (Å²) in [5.74, 6) is -0.433. The van der Waals surface area contributed by atoms with Gasteiger partial charge in [0, 0.05) is 25.8 Å². The van der Waals surface area contributed by atoms with E-state index >= 15 is 4.39 Å². The second kappa shape index (κ2) is 13.8. The van der Waals surface area contributed by atoms with Crippen molar-refractivity contribution in [3.63, 3.8) is 0 Å². The Morgan fingerprint density at radius 2 is 2.27 bits per heavy atom. The van der Waals surface area contributed by atoms with E-state index in [1.807, 2.05) is 4.90 Å². The van der Waals surface area contributed by atoms with Gasteiger partial charge in [0.15, 0.2) is 0 Å². The van der Waals surface area contributed by atoms with E-state index in [0.717, 1.165) is 0 Å². The van der Waals surface area contributed by atoms with Gasteiger partial charge in [0.2, 0.25) is 5.91 Å². The molecule has 11 nitrogen and oxygen atoms in total. The fraction of sp³-hybridized carbons (Fsp3) is 0.391. The number of halogens is 1. The molecule has 14 heteroatoms. The van der Waals surface area contributed by atoms with Gasteiger partial charge in [0.1, 0.15) is 11.9 Å². The van der Waals surface area contributed by atoms with E-state index in [2.05, 4.69) is 22.3 Å². The maximum Gasteiger partial charge on any atom is 0.414 e. The van der Waals surface area contributed by atoms with E-state index in [9.17, 15) is 9.59 Å². The van der Waals surface area contributed by atoms with Crippen molar-refractivity contribution >= 4 is 58.7 Å². The van der Waals surface area contributed by atoms with Gasteiger partial charge in [-0.2, -0.15) is 0 Å². The first-order valence-corrected chi connectivity index (χ1v) is 12.8. The summed E-state index contributed by atoms with van der Waals surface area (Å²) in [6.45, 7) is 6.07. The van der Waals surface area contributed by atoms with Gasteiger partial charge in [-0.3, -0.25) is 19.7 Å². The number of benzene rings is 1. The van der Waals surface area contributed by atoms with E-state index in [-0.39, 0.29) is 29.9 Å². The summed E-state index contributed by atoms with van der Waals surface area (Å²) in [5, 5.41) is 5.07. The molecule has 0 bridgehead atoms. The zero-order chi connectivity index (χ0) is 26.8. The molecular weight excluding hydrogens is 521 g/mol. The highest BCUT2D eigenvalue weighted by atomic mass is 32.2. The molecule has 2 aliphatic heterocycles. The molecule has 0 spiro atoms. The maximum atomic E-state index is 15.1. The number of hydrogen-bond donors (Lipinski definition) is 3. The van der Waals surface area contributed by atoms with Gasteiger partial charge in [-0.15, -0.1) is 0 Å². The molecule has 1 aromatic carbocycles. The molecule has 0 aliphatic carbocycles. The molecule has 3 rings (SSSR count). The first-order valence-electron chi connectivity index (χ1n) is 11.4. The summed E-state index contributed by atoms with van der Waals surface area (Å²) in [5.41, 5.74) is 9.12. The van der Waals surface area contributed by atoms with Gasteiger partial charge >= 0.3 is 6.09 Å². The predicted molar refractivity (Wildman–Crippen MR) is 147 cm³/mol. The summed E-state index contributed by atoms with van der Waals surface area (Å²) in [7, 11) is 1.44. The van der Waals surface area contributed by atoms with Crippen molar-refractivity contribution in [2.24, 2.45) is 10.7 Å². The minimum absolute atomic E-state index is 0.128. The van der Waals surface area contributed by atoms with Crippen molar-refractivity contribution in [1.29, 1.82) is 0 Å². The lowest BCUT2D eigenvalue weighted by atomic mass is 10.2. The lowest BCUT2D eigenvalue weighted by Crippen LogP contribution is -2.44. The third-order valence-electron chi connectivity index (χ3n) is 5.47. The van der Waals surface area contributed by atoms with Crippen LogP contribution in [0.25, 0.3) is 0 Å². The molecule has 1 aromatic rings. The lowest BCUT2D eigenvalue weighted by Gasteiger charge is -2.24. The summed E-state index contributed by atoms with van der Waals surface area (Å²) < 4.78 is 25.3. The second-order valence-corrected chi connectivity index (χ2v) is 9.33. The topological polar surface area (TPSA) is 125 Å². The lowest BCUT2D eigenvalue weighted by molar-refractivity contribution is -0.131. The molecule has 0 aromatic heterocycles. The number of ether oxygens (including phenoxy) is 2. The smallest absolute Gasteiger partial charge is 0.414 e. The first kappa shape index (κ1) is 28.2. The van der Waals surface area contributed by atoms with Crippen LogP contribution in [0.3, 0.4) is 0 Å². The molecule has 2 heterocycles. The molecule has 37 heavy (non-hydrogen) atoms. The number of anilines is 2. The number of thioether (sulfide) groups is 1. The third-order valence-corrected chi connectivity index (χ3v) is 6.62. The van der Waals surface area contributed by atoms with Crippen LogP contribution in [-0.2, 0) is 14.3 Å². The summed E-state index contributed by atoms with van der Waals surface area (Å²) >= 11 is 6.15. The number of aliphatic imine (C=N–C) groups is 1. The average Bonchev–Trinajstić information content (AvgIpc) is 3.09. The number of hydrazine groups is 1. The molecule has 1 atom stereocenters. The van der Waals surface area contributed by atoms with Crippen LogP contribution in [0.1, 0.15) is 0 Å². The number of cyclic esters (lactones) is 1. The number of carbonyl (C=O) groups excluding carboxylic acids is 2. The Kier molecular flexibility index (Phi) is 10.5. The molecular formula is C23H30FN7O4S2. The highest BCUT2D eigenvalue weighted by molar-refractivity contribution is 8.03. The Morgan fingerprint density at radius 3 is 3.00 bits per heavy atom. The molecule has 2 aliphatic rings. The van der Waals surface area contributed by atoms with E-state index in [1.54, 1.807) is 18.2 Å². The Bertz CT molecular complexity index is 1070. The molecule has 0 saturated carbocycles. The van der Waals surface area contributed by atoms with Gasteiger partial charge in [0.25, 0.3) is 5.17 Å². The Balaban J connectivity index is 1.55. The van der Waals surface area contributed by atoms with Crippen LogP contribution >= 0.6 is 24.0 Å². The minimum Gasteiger partial charge on any atom is -0.474 e. The van der Waals surface area contributed by atoms with Gasteiger partial charge in [0.05, 0.1) is 48.9 Å². The molecule has 4 N–H and O–H groups in total. The van der Waals surface area contributed by atoms with Crippen LogP contribution in [0.2, 0.25) is 0 Å². The molecule has 200 valence electrons.